The van der Waals surface area contributed by atoms with Gasteiger partial charge >= 0.3 is 5.82 Å². The zero-order valence-corrected chi connectivity index (χ0v) is 8.52. The number of nitrogens with zero attached hydrogens (tertiary/aromatic N) is 2. The molecular weight excluding hydrogens is 200 g/mol. The predicted octanol–water partition coefficient (Wildman–Crippen LogP) is 0.184. The molecule has 1 aromatic rings. The highest BCUT2D eigenvalue weighted by Crippen LogP contribution is 2.26. The number of aryl methyl sites for hydroxylation is 1. The molecule has 80 valence electrons. The quantitative estimate of drug-likeness (QED) is 0.397. The van der Waals surface area contributed by atoms with Crippen LogP contribution in [0.3, 0.4) is 0 Å². The molecule has 1 aromatic heterocycles. The van der Waals surface area contributed by atoms with Crippen molar-refractivity contribution in [2.45, 2.75) is 13.3 Å². The van der Waals surface area contributed by atoms with Crippen LogP contribution in [0, 0.1) is 17.0 Å². The van der Waals surface area contributed by atoms with Gasteiger partial charge in [-0.3, -0.25) is 15.0 Å². The number of fused-ring (bicyclic) bond motifs is 1. The smallest absolute Gasteiger partial charge is 0.486 e. The first kappa shape index (κ1) is 9.70. The van der Waals surface area contributed by atoms with E-state index in [1.165, 1.54) is 11.8 Å². The fourth-order valence-corrected chi connectivity index (χ4v) is 1.75. The molecule has 0 amide bonds. The van der Waals surface area contributed by atoms with Gasteiger partial charge in [0.15, 0.2) is 5.75 Å². The van der Waals surface area contributed by atoms with Crippen LogP contribution in [0.4, 0.5) is 5.82 Å². The third-order valence-corrected chi connectivity index (χ3v) is 2.37. The molecule has 0 spiro atoms. The highest BCUT2D eigenvalue weighted by atomic mass is 16.7. The lowest BCUT2D eigenvalue weighted by atomic mass is 10.2. The van der Waals surface area contributed by atoms with E-state index in [2.05, 4.69) is 0 Å². The Morgan fingerprint density at radius 2 is 2.40 bits per heavy atom. The van der Waals surface area contributed by atoms with Gasteiger partial charge in [-0.15, -0.1) is 0 Å². The molecule has 0 bridgehead atoms. The van der Waals surface area contributed by atoms with Gasteiger partial charge in [0, 0.05) is 6.07 Å². The molecule has 6 heteroatoms. The van der Waals surface area contributed by atoms with E-state index in [4.69, 9.17) is 9.57 Å². The topological polar surface area (TPSA) is 65.5 Å². The predicted molar refractivity (Wildman–Crippen MR) is 49.7 cm³/mol. The van der Waals surface area contributed by atoms with Crippen molar-refractivity contribution >= 4 is 5.82 Å². The molecule has 0 atom stereocenters. The number of pyridine rings is 1. The Labute approximate surface area is 86.1 Å². The summed E-state index contributed by atoms with van der Waals surface area (Å²) < 4.78 is 6.57. The van der Waals surface area contributed by atoms with Crippen LogP contribution < -0.4 is 14.3 Å². The van der Waals surface area contributed by atoms with Gasteiger partial charge in [-0.1, -0.05) is 0 Å². The first-order valence-corrected chi connectivity index (χ1v) is 4.55. The van der Waals surface area contributed by atoms with E-state index >= 15 is 0 Å². The number of hydrogen-bond donors (Lipinski definition) is 0. The monoisotopic (exact) mass is 211 g/mol. The maximum atomic E-state index is 10.9. The molecule has 0 radical (unpaired) electrons. The van der Waals surface area contributed by atoms with E-state index in [1.54, 1.807) is 13.0 Å². The number of ether oxygens (including phenoxy) is 1. The normalized spacial score (nSPS) is 13.2. The fraction of sp³-hybridized carbons (Fsp3) is 0.444. The number of nitro groups is 1. The third-order valence-electron chi connectivity index (χ3n) is 2.37. The van der Waals surface area contributed by atoms with E-state index in [9.17, 15) is 10.1 Å². The minimum absolute atomic E-state index is 0.0400. The zero-order valence-electron chi connectivity index (χ0n) is 8.52. The van der Waals surface area contributed by atoms with Crippen molar-refractivity contribution in [2.75, 3.05) is 13.7 Å². The van der Waals surface area contributed by atoms with Crippen LogP contribution in [-0.2, 0) is 6.42 Å². The van der Waals surface area contributed by atoms with Gasteiger partial charge in [-0.25, -0.2) is 0 Å². The molecule has 0 fully saturated rings. The molecule has 0 aliphatic carbocycles. The molecule has 6 nitrogen and oxygen atoms in total. The maximum absolute atomic E-state index is 10.9. The van der Waals surface area contributed by atoms with Crippen LogP contribution in [0.15, 0.2) is 6.07 Å². The molecular formula is C9H11N2O4+. The van der Waals surface area contributed by atoms with Gasteiger partial charge in [0.1, 0.15) is 17.6 Å². The molecule has 1 aliphatic rings. The summed E-state index contributed by atoms with van der Waals surface area (Å²) in [5.41, 5.74) is 1.25. The van der Waals surface area contributed by atoms with E-state index in [0.717, 1.165) is 5.69 Å². The summed E-state index contributed by atoms with van der Waals surface area (Å²) in [4.78, 5) is 15.4. The largest absolute Gasteiger partial charge is 0.552 e. The molecule has 0 unspecified atom stereocenters. The number of aromatic nitrogens is 1. The molecule has 2 rings (SSSR count). The Bertz CT molecular complexity index is 431. The van der Waals surface area contributed by atoms with E-state index in [-0.39, 0.29) is 5.82 Å². The summed E-state index contributed by atoms with van der Waals surface area (Å²) in [5.74, 6) is 0.627. The molecule has 2 heterocycles. The Hall–Kier alpha value is -1.85. The van der Waals surface area contributed by atoms with Crippen LogP contribution in [0.2, 0.25) is 0 Å². The first-order chi connectivity index (χ1) is 7.15. The lowest BCUT2D eigenvalue weighted by molar-refractivity contribution is -0.906. The Morgan fingerprint density at radius 1 is 1.67 bits per heavy atom. The van der Waals surface area contributed by atoms with Gasteiger partial charge < -0.3 is 4.74 Å². The van der Waals surface area contributed by atoms with Crippen LogP contribution in [0.25, 0.3) is 0 Å². The average molecular weight is 211 g/mol. The van der Waals surface area contributed by atoms with E-state index in [1.807, 2.05) is 0 Å². The van der Waals surface area contributed by atoms with Crippen molar-refractivity contribution < 1.29 is 19.2 Å². The Balaban J connectivity index is 2.69. The molecule has 1 aliphatic heterocycles. The van der Waals surface area contributed by atoms with Crippen molar-refractivity contribution in [3.05, 3.63) is 27.4 Å². The summed E-state index contributed by atoms with van der Waals surface area (Å²) in [5, 5.41) is 10.9. The molecule has 0 N–H and O–H groups in total. The Kier molecular flexibility index (Phi) is 2.18. The molecule has 0 saturated carbocycles. The summed E-state index contributed by atoms with van der Waals surface area (Å²) in [7, 11) is 1.41. The van der Waals surface area contributed by atoms with Gasteiger partial charge in [0.05, 0.1) is 17.8 Å². The summed E-state index contributed by atoms with van der Waals surface area (Å²) >= 11 is 0. The van der Waals surface area contributed by atoms with Crippen molar-refractivity contribution in [2.24, 2.45) is 0 Å². The molecule has 0 aromatic carbocycles. The van der Waals surface area contributed by atoms with Crippen LogP contribution >= 0.6 is 0 Å². The van der Waals surface area contributed by atoms with Gasteiger partial charge in [-0.05, 0) is 6.92 Å². The van der Waals surface area contributed by atoms with Gasteiger partial charge in [0.25, 0.3) is 5.69 Å². The lowest BCUT2D eigenvalue weighted by Gasteiger charge is -2.00. The minimum Gasteiger partial charge on any atom is -0.486 e. The maximum Gasteiger partial charge on any atom is 0.552 e. The van der Waals surface area contributed by atoms with Crippen molar-refractivity contribution in [3.63, 3.8) is 0 Å². The number of hydrogen-bond acceptors (Lipinski definition) is 4. The summed E-state index contributed by atoms with van der Waals surface area (Å²) in [6, 6.07) is 1.68. The van der Waals surface area contributed by atoms with Crippen LogP contribution in [0.5, 0.6) is 5.75 Å². The zero-order chi connectivity index (χ0) is 11.0. The van der Waals surface area contributed by atoms with Gasteiger partial charge in [0.2, 0.25) is 0 Å². The second kappa shape index (κ2) is 3.38. The lowest BCUT2D eigenvalue weighted by Crippen LogP contribution is -2.46. The Morgan fingerprint density at radius 3 is 3.00 bits per heavy atom. The second-order valence-corrected chi connectivity index (χ2v) is 3.29. The summed E-state index contributed by atoms with van der Waals surface area (Å²) in [6.07, 6.45) is 0.629. The van der Waals surface area contributed by atoms with Crippen LogP contribution in [0.1, 0.15) is 11.3 Å². The average Bonchev–Trinajstić information content (AvgIpc) is 2.62. The highest BCUT2D eigenvalue weighted by molar-refractivity contribution is 5.37. The van der Waals surface area contributed by atoms with E-state index < -0.39 is 4.92 Å². The van der Waals surface area contributed by atoms with Crippen molar-refractivity contribution in [1.82, 2.24) is 0 Å². The van der Waals surface area contributed by atoms with Crippen LogP contribution in [-0.4, -0.2) is 18.6 Å². The molecule has 15 heavy (non-hydrogen) atoms. The first-order valence-electron chi connectivity index (χ1n) is 4.55. The second-order valence-electron chi connectivity index (χ2n) is 3.29. The fourth-order valence-electron chi connectivity index (χ4n) is 1.75. The third kappa shape index (κ3) is 1.38. The standard InChI is InChI=1S/C9H11N2O4/c1-6-5-8-7(3-4-15-8)10(14-2)9(6)11(12)13/h5H,3-4H2,1-2H3/q+1. The highest BCUT2D eigenvalue weighted by Gasteiger charge is 2.37. The summed E-state index contributed by atoms with van der Waals surface area (Å²) in [6.45, 7) is 2.20. The van der Waals surface area contributed by atoms with Gasteiger partial charge in [-0.2, -0.15) is 0 Å². The van der Waals surface area contributed by atoms with E-state index in [0.29, 0.717) is 24.3 Å². The SMILES string of the molecule is CO[n+]1c2c(cc(C)c1[N+](=O)[O-])OCC2. The number of rotatable bonds is 2. The minimum atomic E-state index is -0.447. The molecule has 0 saturated heterocycles. The van der Waals surface area contributed by atoms with Crippen molar-refractivity contribution in [1.29, 1.82) is 0 Å². The van der Waals surface area contributed by atoms with Crippen molar-refractivity contribution in [3.8, 4) is 5.75 Å².